The SMILES string of the molecule is N#Cc1ccc2c(c1)c1ccccc1n2-c1ccc(-c2ccc(-c3ccccc3-n3c4ccccc4c4ccc(C#N)cc43)cc2C#N)cc1. The molecular formula is C45H25N5. The van der Waals surface area contributed by atoms with Crippen LogP contribution in [0.1, 0.15) is 16.7 Å². The van der Waals surface area contributed by atoms with E-state index in [0.29, 0.717) is 16.7 Å². The summed E-state index contributed by atoms with van der Waals surface area (Å²) in [5.41, 5.74) is 11.6. The highest BCUT2D eigenvalue weighted by Crippen LogP contribution is 2.38. The summed E-state index contributed by atoms with van der Waals surface area (Å²) < 4.78 is 4.43. The van der Waals surface area contributed by atoms with E-state index in [1.807, 2.05) is 84.9 Å². The first-order chi connectivity index (χ1) is 24.7. The Balaban J connectivity index is 1.14. The molecule has 230 valence electrons. The van der Waals surface area contributed by atoms with E-state index < -0.39 is 0 Å². The molecule has 0 fully saturated rings. The minimum Gasteiger partial charge on any atom is -0.309 e. The van der Waals surface area contributed by atoms with Crippen molar-refractivity contribution in [1.82, 2.24) is 9.13 Å². The zero-order valence-corrected chi connectivity index (χ0v) is 26.7. The van der Waals surface area contributed by atoms with Crippen LogP contribution in [0.3, 0.4) is 0 Å². The molecule has 50 heavy (non-hydrogen) atoms. The topological polar surface area (TPSA) is 81.2 Å². The van der Waals surface area contributed by atoms with Gasteiger partial charge >= 0.3 is 0 Å². The van der Waals surface area contributed by atoms with E-state index in [9.17, 15) is 15.8 Å². The predicted octanol–water partition coefficient (Wildman–Crippen LogP) is 10.8. The number of fused-ring (bicyclic) bond motifs is 6. The molecule has 0 N–H and O–H groups in total. The van der Waals surface area contributed by atoms with Crippen LogP contribution in [-0.2, 0) is 0 Å². The van der Waals surface area contributed by atoms with Gasteiger partial charge in [0, 0.05) is 32.8 Å². The van der Waals surface area contributed by atoms with Crippen molar-refractivity contribution >= 4 is 43.6 Å². The molecule has 9 rings (SSSR count). The van der Waals surface area contributed by atoms with Gasteiger partial charge in [0.15, 0.2) is 0 Å². The van der Waals surface area contributed by atoms with Crippen molar-refractivity contribution in [3.8, 4) is 51.8 Å². The lowest BCUT2D eigenvalue weighted by atomic mass is 9.94. The number of rotatable bonds is 4. The molecule has 0 radical (unpaired) electrons. The Morgan fingerprint density at radius 3 is 1.74 bits per heavy atom. The van der Waals surface area contributed by atoms with E-state index in [4.69, 9.17) is 0 Å². The first kappa shape index (κ1) is 28.8. The van der Waals surface area contributed by atoms with E-state index >= 15 is 0 Å². The van der Waals surface area contributed by atoms with Crippen LogP contribution < -0.4 is 0 Å². The minimum atomic E-state index is 0.583. The molecule has 9 aromatic rings. The third-order valence-electron chi connectivity index (χ3n) is 9.64. The number of hydrogen-bond donors (Lipinski definition) is 0. The maximum absolute atomic E-state index is 10.4. The monoisotopic (exact) mass is 635 g/mol. The summed E-state index contributed by atoms with van der Waals surface area (Å²) in [6.45, 7) is 0. The van der Waals surface area contributed by atoms with Gasteiger partial charge < -0.3 is 9.13 Å². The van der Waals surface area contributed by atoms with Crippen molar-refractivity contribution in [2.45, 2.75) is 0 Å². The number of aromatic nitrogens is 2. The minimum absolute atomic E-state index is 0.583. The van der Waals surface area contributed by atoms with Crippen LogP contribution in [0.15, 0.2) is 152 Å². The third-order valence-corrected chi connectivity index (χ3v) is 9.64. The van der Waals surface area contributed by atoms with Gasteiger partial charge in [-0.05, 0) is 83.4 Å². The van der Waals surface area contributed by atoms with Gasteiger partial charge in [-0.1, -0.05) is 84.9 Å². The highest BCUT2D eigenvalue weighted by Gasteiger charge is 2.18. The van der Waals surface area contributed by atoms with Gasteiger partial charge in [-0.2, -0.15) is 15.8 Å². The molecule has 0 aliphatic carbocycles. The van der Waals surface area contributed by atoms with Crippen molar-refractivity contribution < 1.29 is 0 Å². The molecule has 5 nitrogen and oxygen atoms in total. The second-order valence-corrected chi connectivity index (χ2v) is 12.3. The van der Waals surface area contributed by atoms with Crippen LogP contribution in [0.5, 0.6) is 0 Å². The summed E-state index contributed by atoms with van der Waals surface area (Å²) in [6.07, 6.45) is 0. The zero-order valence-electron chi connectivity index (χ0n) is 26.7. The molecule has 2 aromatic heterocycles. The largest absolute Gasteiger partial charge is 0.309 e. The lowest BCUT2D eigenvalue weighted by Crippen LogP contribution is -1.98. The molecule has 2 heterocycles. The standard InChI is InChI=1S/C45H25N5/c46-26-29-14-22-44-40(23-29)38-9-3-5-11-42(38)49(44)34-18-15-31(16-19-34)35-21-17-32(25-33(35)28-48)36-7-1-4-10-41(36)50-43-12-6-2-8-37(43)39-20-13-30(27-47)24-45(39)50/h1-25H. The number of para-hydroxylation sites is 3. The molecule has 0 unspecified atom stereocenters. The molecule has 0 saturated heterocycles. The zero-order chi connectivity index (χ0) is 33.8. The summed E-state index contributed by atoms with van der Waals surface area (Å²) in [7, 11) is 0. The maximum atomic E-state index is 10.4. The Kier molecular flexibility index (Phi) is 6.56. The highest BCUT2D eigenvalue weighted by molar-refractivity contribution is 6.11. The van der Waals surface area contributed by atoms with Gasteiger partial charge in [0.1, 0.15) is 0 Å². The van der Waals surface area contributed by atoms with E-state index in [1.54, 1.807) is 0 Å². The van der Waals surface area contributed by atoms with Gasteiger partial charge in [-0.15, -0.1) is 0 Å². The molecular weight excluding hydrogens is 611 g/mol. The Bertz CT molecular complexity index is 2960. The Morgan fingerprint density at radius 1 is 0.380 bits per heavy atom. The highest BCUT2D eigenvalue weighted by atomic mass is 15.0. The average molecular weight is 636 g/mol. The molecule has 0 bridgehead atoms. The fraction of sp³-hybridized carbons (Fsp3) is 0. The average Bonchev–Trinajstić information content (AvgIpc) is 3.69. The molecule has 0 aliphatic rings. The number of nitriles is 3. The smallest absolute Gasteiger partial charge is 0.0998 e. The third kappa shape index (κ3) is 4.38. The van der Waals surface area contributed by atoms with Crippen LogP contribution in [0.25, 0.3) is 77.2 Å². The van der Waals surface area contributed by atoms with Gasteiger partial charge in [0.25, 0.3) is 0 Å². The molecule has 0 amide bonds. The maximum Gasteiger partial charge on any atom is 0.0998 e. The van der Waals surface area contributed by atoms with Gasteiger partial charge in [0.2, 0.25) is 0 Å². The fourth-order valence-electron chi connectivity index (χ4n) is 7.38. The molecule has 7 aromatic carbocycles. The predicted molar refractivity (Wildman–Crippen MR) is 200 cm³/mol. The van der Waals surface area contributed by atoms with Gasteiger partial charge in [0.05, 0.1) is 62.7 Å². The first-order valence-electron chi connectivity index (χ1n) is 16.3. The first-order valence-corrected chi connectivity index (χ1v) is 16.3. The normalized spacial score (nSPS) is 11.1. The summed E-state index contributed by atoms with van der Waals surface area (Å²) in [6, 6.07) is 57.8. The second kappa shape index (κ2) is 11.4. The van der Waals surface area contributed by atoms with Gasteiger partial charge in [-0.3, -0.25) is 0 Å². The van der Waals surface area contributed by atoms with Crippen molar-refractivity contribution in [1.29, 1.82) is 15.8 Å². The van der Waals surface area contributed by atoms with E-state index in [1.165, 1.54) is 0 Å². The Labute approximate surface area is 287 Å². The number of benzene rings is 7. The van der Waals surface area contributed by atoms with Crippen LogP contribution in [0.4, 0.5) is 0 Å². The van der Waals surface area contributed by atoms with Gasteiger partial charge in [-0.25, -0.2) is 0 Å². The Hall–Kier alpha value is -7.39. The molecule has 0 atom stereocenters. The number of hydrogen-bond acceptors (Lipinski definition) is 3. The van der Waals surface area contributed by atoms with E-state index in [2.05, 4.69) is 94.1 Å². The summed E-state index contributed by atoms with van der Waals surface area (Å²) in [5, 5.41) is 34.0. The van der Waals surface area contributed by atoms with Crippen LogP contribution in [-0.4, -0.2) is 9.13 Å². The summed E-state index contributed by atoms with van der Waals surface area (Å²) in [4.78, 5) is 0. The lowest BCUT2D eigenvalue weighted by Gasteiger charge is -2.15. The molecule has 0 spiro atoms. The van der Waals surface area contributed by atoms with Crippen LogP contribution in [0, 0.1) is 34.0 Å². The van der Waals surface area contributed by atoms with Crippen molar-refractivity contribution in [2.24, 2.45) is 0 Å². The summed E-state index contributed by atoms with van der Waals surface area (Å²) in [5.74, 6) is 0. The van der Waals surface area contributed by atoms with Crippen LogP contribution >= 0.6 is 0 Å². The number of nitrogens with zero attached hydrogens (tertiary/aromatic N) is 5. The van der Waals surface area contributed by atoms with E-state index in [0.717, 1.165) is 77.2 Å². The quantitative estimate of drug-likeness (QED) is 0.193. The van der Waals surface area contributed by atoms with Crippen molar-refractivity contribution in [3.63, 3.8) is 0 Å². The molecule has 0 saturated carbocycles. The second-order valence-electron chi connectivity index (χ2n) is 12.3. The van der Waals surface area contributed by atoms with Crippen molar-refractivity contribution in [3.05, 3.63) is 168 Å². The molecule has 5 heteroatoms. The fourth-order valence-corrected chi connectivity index (χ4v) is 7.38. The Morgan fingerprint density at radius 2 is 0.980 bits per heavy atom. The summed E-state index contributed by atoms with van der Waals surface area (Å²) >= 11 is 0. The lowest BCUT2D eigenvalue weighted by molar-refractivity contribution is 1.18. The molecule has 0 aliphatic heterocycles. The van der Waals surface area contributed by atoms with Crippen LogP contribution in [0.2, 0.25) is 0 Å². The van der Waals surface area contributed by atoms with E-state index in [-0.39, 0.29) is 0 Å². The van der Waals surface area contributed by atoms with Crippen molar-refractivity contribution in [2.75, 3.05) is 0 Å².